The predicted octanol–water partition coefficient (Wildman–Crippen LogP) is 2.36. The molecule has 0 saturated heterocycles. The molecule has 0 N–H and O–H groups in total. The first-order chi connectivity index (χ1) is 3.71. The molecule has 0 fully saturated rings. The third-order valence-electron chi connectivity index (χ3n) is 0.750. The highest BCUT2D eigenvalue weighted by Gasteiger charge is 2.06. The van der Waals surface area contributed by atoms with E-state index in [4.69, 9.17) is 0 Å². The summed E-state index contributed by atoms with van der Waals surface area (Å²) in [6.45, 7) is 14.9. The van der Waals surface area contributed by atoms with Gasteiger partial charge in [0.25, 0.3) is 0 Å². The van der Waals surface area contributed by atoms with E-state index in [1.54, 1.807) is 0 Å². The van der Waals surface area contributed by atoms with Crippen molar-refractivity contribution in [3.8, 4) is 0 Å². The molecular weight excluding hydrogens is 156 g/mol. The molecule has 0 aliphatic rings. The maximum Gasteiger partial charge on any atom is -0.100 e. The molecule has 0 heterocycles. The maximum absolute atomic E-state index is 2.48. The highest BCUT2D eigenvalue weighted by molar-refractivity contribution is 7.52. The van der Waals surface area contributed by atoms with Gasteiger partial charge in [0.15, 0.2) is 0 Å². The van der Waals surface area contributed by atoms with Crippen molar-refractivity contribution in [1.29, 1.82) is 0 Å². The smallest absolute Gasteiger partial charge is 0.100 e. The van der Waals surface area contributed by atoms with E-state index in [0.29, 0.717) is 0 Å². The van der Waals surface area contributed by atoms with Crippen LogP contribution in [0.2, 0.25) is 39.3 Å². The molecule has 0 unspecified atom stereocenters. The third kappa shape index (κ3) is 8.65. The van der Waals surface area contributed by atoms with Crippen LogP contribution >= 0.6 is 0 Å². The van der Waals surface area contributed by atoms with Crippen LogP contribution in [-0.4, -0.2) is 23.7 Å². The minimum absolute atomic E-state index is 0.703. The fraction of sp³-hybridized carbons (Fsp3) is 1.00. The van der Waals surface area contributed by atoms with E-state index in [-0.39, 0.29) is 0 Å². The number of hydrogen-bond acceptors (Lipinski definition) is 0. The summed E-state index contributed by atoms with van der Waals surface area (Å²) in [6, 6.07) is 0. The first-order valence-electron chi connectivity index (χ1n) is 3.50. The molecule has 0 aromatic heterocycles. The zero-order chi connectivity index (χ0) is 7.71. The summed E-state index contributed by atoms with van der Waals surface area (Å²) in [5, 5.41) is 0. The van der Waals surface area contributed by atoms with Gasteiger partial charge in [0, 0.05) is 0 Å². The molecular formula is C6H18Si3-. The van der Waals surface area contributed by atoms with Gasteiger partial charge in [-0.3, -0.25) is 0 Å². The van der Waals surface area contributed by atoms with Gasteiger partial charge in [-0.25, -0.2) is 0 Å². The molecule has 0 aromatic carbocycles. The van der Waals surface area contributed by atoms with Crippen molar-refractivity contribution >= 4 is 23.7 Å². The normalized spacial score (nSPS) is 14.0. The van der Waals surface area contributed by atoms with E-state index in [0.717, 1.165) is 0 Å². The maximum atomic E-state index is 2.48. The van der Waals surface area contributed by atoms with Gasteiger partial charge in [0.1, 0.15) is 0 Å². The summed E-state index contributed by atoms with van der Waals surface area (Å²) < 4.78 is 0. The SMILES string of the molecule is C[Si](C)(C)[Si-][Si](C)(C)C. The Labute approximate surface area is 63.5 Å². The summed E-state index contributed by atoms with van der Waals surface area (Å²) in [6.07, 6.45) is 0. The lowest BCUT2D eigenvalue weighted by atomic mass is 11.8. The van der Waals surface area contributed by atoms with Crippen molar-refractivity contribution in [2.24, 2.45) is 0 Å². The third-order valence-corrected chi connectivity index (χ3v) is 20.2. The van der Waals surface area contributed by atoms with Gasteiger partial charge in [0.2, 0.25) is 0 Å². The van der Waals surface area contributed by atoms with E-state index in [1.807, 2.05) is 0 Å². The first kappa shape index (κ1) is 9.65. The fourth-order valence-corrected chi connectivity index (χ4v) is 30.4. The topological polar surface area (TPSA) is 0 Å². The Hall–Kier alpha value is 0.651. The molecule has 0 amide bonds. The second kappa shape index (κ2) is 2.72. The fourth-order valence-electron chi connectivity index (χ4n) is 1.12. The minimum atomic E-state index is -0.703. The molecule has 0 aromatic rings. The summed E-state index contributed by atoms with van der Waals surface area (Å²) in [5.41, 5.74) is 0. The molecule has 1 radical (unpaired) electrons. The van der Waals surface area contributed by atoms with Gasteiger partial charge in [-0.1, -0.05) is 0 Å². The quantitative estimate of drug-likeness (QED) is 0.564. The summed E-state index contributed by atoms with van der Waals surface area (Å²) in [4.78, 5) is 0. The zero-order valence-electron chi connectivity index (χ0n) is 7.50. The Kier molecular flexibility index (Phi) is 2.91. The summed E-state index contributed by atoms with van der Waals surface area (Å²) >= 11 is 0. The van der Waals surface area contributed by atoms with Crippen molar-refractivity contribution < 1.29 is 0 Å². The average Bonchev–Trinajstić information content (AvgIpc) is 1.14. The van der Waals surface area contributed by atoms with Gasteiger partial charge in [-0.05, 0) is 0 Å². The molecule has 0 aliphatic heterocycles. The van der Waals surface area contributed by atoms with Gasteiger partial charge < -0.3 is 8.55 Å². The number of rotatable bonds is 2. The van der Waals surface area contributed by atoms with Gasteiger partial charge >= 0.3 is 0 Å². The van der Waals surface area contributed by atoms with Crippen LogP contribution in [0.25, 0.3) is 0 Å². The first-order valence-corrected chi connectivity index (χ1v) is 13.5. The van der Waals surface area contributed by atoms with Crippen LogP contribution in [0.15, 0.2) is 0 Å². The van der Waals surface area contributed by atoms with Gasteiger partial charge in [-0.15, -0.1) is 54.5 Å². The van der Waals surface area contributed by atoms with Crippen molar-refractivity contribution in [2.75, 3.05) is 0 Å². The Bertz CT molecular complexity index is 73.5. The van der Waals surface area contributed by atoms with E-state index < -0.39 is 15.2 Å². The van der Waals surface area contributed by atoms with Crippen LogP contribution < -0.4 is 0 Å². The zero-order valence-corrected chi connectivity index (χ0v) is 10.5. The number of hydrogen-bond donors (Lipinski definition) is 0. The molecule has 0 bridgehead atoms. The average molecular weight is 174 g/mol. The minimum Gasteiger partial charge on any atom is -0.426 e. The van der Waals surface area contributed by atoms with Gasteiger partial charge in [0.05, 0.1) is 0 Å². The predicted molar refractivity (Wildman–Crippen MR) is 52.4 cm³/mol. The highest BCUT2D eigenvalue weighted by atomic mass is 29.6. The molecule has 3 heteroatoms. The Morgan fingerprint density at radius 2 is 0.889 bits per heavy atom. The molecule has 0 atom stereocenters. The lowest BCUT2D eigenvalue weighted by Crippen LogP contribution is -2.46. The van der Waals surface area contributed by atoms with Crippen LogP contribution in [-0.2, 0) is 0 Å². The van der Waals surface area contributed by atoms with Crippen LogP contribution in [0, 0.1) is 0 Å². The van der Waals surface area contributed by atoms with Gasteiger partial charge in [-0.2, -0.15) is 0 Å². The van der Waals surface area contributed by atoms with Crippen molar-refractivity contribution in [1.82, 2.24) is 0 Å². The van der Waals surface area contributed by atoms with Crippen molar-refractivity contribution in [2.45, 2.75) is 39.3 Å². The Balaban J connectivity index is 3.75. The summed E-state index contributed by atoms with van der Waals surface area (Å²) in [5.74, 6) is 0. The van der Waals surface area contributed by atoms with Crippen molar-refractivity contribution in [3.05, 3.63) is 0 Å². The lowest BCUT2D eigenvalue weighted by molar-refractivity contribution is 1.82. The highest BCUT2D eigenvalue weighted by Crippen LogP contribution is 2.07. The van der Waals surface area contributed by atoms with E-state index in [1.165, 1.54) is 8.55 Å². The molecule has 55 valence electrons. The lowest BCUT2D eigenvalue weighted by Gasteiger charge is -2.43. The molecule has 0 spiro atoms. The molecule has 0 aliphatic carbocycles. The summed E-state index contributed by atoms with van der Waals surface area (Å²) in [7, 11) is -0.0775. The van der Waals surface area contributed by atoms with Crippen LogP contribution in [0.1, 0.15) is 0 Å². The standard InChI is InChI=1S/C6H18Si3/c1-8(2,3)7-9(4,5)6/h1-6H3/q-1. The molecule has 0 nitrogen and oxygen atoms in total. The van der Waals surface area contributed by atoms with Crippen LogP contribution in [0.5, 0.6) is 0 Å². The monoisotopic (exact) mass is 174 g/mol. The second-order valence-electron chi connectivity index (χ2n) is 4.62. The largest absolute Gasteiger partial charge is 0.426 e. The van der Waals surface area contributed by atoms with Crippen molar-refractivity contribution in [3.63, 3.8) is 0 Å². The van der Waals surface area contributed by atoms with E-state index in [9.17, 15) is 0 Å². The van der Waals surface area contributed by atoms with Crippen LogP contribution in [0.3, 0.4) is 0 Å². The van der Waals surface area contributed by atoms with E-state index >= 15 is 0 Å². The Morgan fingerprint density at radius 3 is 0.889 bits per heavy atom. The Morgan fingerprint density at radius 1 is 0.667 bits per heavy atom. The second-order valence-corrected chi connectivity index (χ2v) is 25.9. The molecule has 0 saturated carbocycles. The van der Waals surface area contributed by atoms with Crippen LogP contribution in [0.4, 0.5) is 0 Å². The molecule has 0 rings (SSSR count). The van der Waals surface area contributed by atoms with E-state index in [2.05, 4.69) is 39.3 Å². The molecule has 9 heavy (non-hydrogen) atoms.